The van der Waals surface area contributed by atoms with E-state index in [4.69, 9.17) is 4.74 Å². The van der Waals surface area contributed by atoms with Crippen LogP contribution in [-0.4, -0.2) is 40.5 Å². The van der Waals surface area contributed by atoms with E-state index in [2.05, 4.69) is 20.6 Å². The molecule has 0 aliphatic heterocycles. The molecule has 134 valence electrons. The van der Waals surface area contributed by atoms with Gasteiger partial charge in [0, 0.05) is 6.54 Å². The van der Waals surface area contributed by atoms with Crippen molar-refractivity contribution in [3.05, 3.63) is 26.6 Å². The number of fused-ring (bicyclic) bond motifs is 1. The number of esters is 1. The second kappa shape index (κ2) is 7.43. The van der Waals surface area contributed by atoms with Gasteiger partial charge in [-0.05, 0) is 33.3 Å². The van der Waals surface area contributed by atoms with E-state index < -0.39 is 24.0 Å². The first-order valence-corrected chi connectivity index (χ1v) is 8.35. The van der Waals surface area contributed by atoms with Crippen molar-refractivity contribution in [2.45, 2.75) is 33.8 Å². The Morgan fingerprint density at radius 1 is 1.32 bits per heavy atom. The van der Waals surface area contributed by atoms with Gasteiger partial charge >= 0.3 is 12.0 Å². The number of urea groups is 1. The summed E-state index contributed by atoms with van der Waals surface area (Å²) in [6, 6.07) is -0.667. The van der Waals surface area contributed by atoms with Gasteiger partial charge in [0.25, 0.3) is 11.5 Å². The first kappa shape index (κ1) is 18.6. The molecule has 2 rings (SSSR count). The largest absolute Gasteiger partial charge is 0.448 e. The summed E-state index contributed by atoms with van der Waals surface area (Å²) in [4.78, 5) is 54.9. The molecule has 3 amide bonds. The number of H-pyrrole nitrogens is 1. The highest BCUT2D eigenvalue weighted by Crippen LogP contribution is 2.27. The van der Waals surface area contributed by atoms with Crippen molar-refractivity contribution in [3.8, 4) is 0 Å². The number of rotatable bonds is 4. The van der Waals surface area contributed by atoms with Gasteiger partial charge < -0.3 is 15.0 Å². The molecule has 0 unspecified atom stereocenters. The summed E-state index contributed by atoms with van der Waals surface area (Å²) in [7, 11) is 0. The van der Waals surface area contributed by atoms with Gasteiger partial charge in [0.2, 0.25) is 0 Å². The van der Waals surface area contributed by atoms with Crippen molar-refractivity contribution in [1.82, 2.24) is 20.6 Å². The summed E-state index contributed by atoms with van der Waals surface area (Å²) >= 11 is 1.02. The summed E-state index contributed by atoms with van der Waals surface area (Å²) in [5.74, 6) is -1.06. The molecule has 0 bridgehead atoms. The molecular weight excluding hydrogens is 348 g/mol. The van der Waals surface area contributed by atoms with Gasteiger partial charge in [-0.3, -0.25) is 14.9 Å². The number of aromatic nitrogens is 2. The third kappa shape index (κ3) is 4.02. The van der Waals surface area contributed by atoms with E-state index in [1.165, 1.54) is 6.92 Å². The van der Waals surface area contributed by atoms with E-state index in [-0.39, 0.29) is 10.4 Å². The fraction of sp³-hybridized carbons (Fsp3) is 0.400. The van der Waals surface area contributed by atoms with Crippen LogP contribution in [0.5, 0.6) is 0 Å². The molecular formula is C15H18N4O5S. The number of aromatic amines is 1. The van der Waals surface area contributed by atoms with Gasteiger partial charge in [0.15, 0.2) is 6.10 Å². The van der Waals surface area contributed by atoms with Crippen LogP contribution >= 0.6 is 11.3 Å². The smallest absolute Gasteiger partial charge is 0.349 e. The number of imide groups is 1. The molecule has 2 aromatic rings. The van der Waals surface area contributed by atoms with E-state index in [1.807, 2.05) is 0 Å². The second-order valence-corrected chi connectivity index (χ2v) is 6.28. The minimum Gasteiger partial charge on any atom is -0.448 e. The minimum absolute atomic E-state index is 0.191. The Morgan fingerprint density at radius 2 is 2.00 bits per heavy atom. The molecule has 0 spiro atoms. The van der Waals surface area contributed by atoms with Crippen LogP contribution in [0.3, 0.4) is 0 Å². The van der Waals surface area contributed by atoms with Crippen molar-refractivity contribution in [3.63, 3.8) is 0 Å². The average molecular weight is 366 g/mol. The fourth-order valence-electron chi connectivity index (χ4n) is 2.13. The Bertz CT molecular complexity index is 901. The maximum Gasteiger partial charge on any atom is 0.349 e. The summed E-state index contributed by atoms with van der Waals surface area (Å²) in [6.45, 7) is 6.66. The number of nitrogens with one attached hydrogen (secondary N) is 3. The van der Waals surface area contributed by atoms with E-state index in [9.17, 15) is 19.2 Å². The molecule has 2 aromatic heterocycles. The van der Waals surface area contributed by atoms with Crippen LogP contribution in [0.15, 0.2) is 4.79 Å². The normalized spacial score (nSPS) is 11.8. The highest BCUT2D eigenvalue weighted by molar-refractivity contribution is 7.20. The third-order valence-electron chi connectivity index (χ3n) is 3.33. The van der Waals surface area contributed by atoms with Gasteiger partial charge in [-0.15, -0.1) is 11.3 Å². The van der Waals surface area contributed by atoms with Gasteiger partial charge in [-0.2, -0.15) is 0 Å². The molecule has 9 nitrogen and oxygen atoms in total. The molecule has 0 aromatic carbocycles. The molecule has 0 fully saturated rings. The Kier molecular flexibility index (Phi) is 5.52. The lowest BCUT2D eigenvalue weighted by Gasteiger charge is -2.12. The zero-order valence-electron chi connectivity index (χ0n) is 14.2. The van der Waals surface area contributed by atoms with E-state index in [0.717, 1.165) is 11.3 Å². The molecule has 2 heterocycles. The molecule has 25 heavy (non-hydrogen) atoms. The van der Waals surface area contributed by atoms with Crippen molar-refractivity contribution in [2.75, 3.05) is 6.54 Å². The van der Waals surface area contributed by atoms with Gasteiger partial charge in [0.05, 0.1) is 5.39 Å². The zero-order chi connectivity index (χ0) is 18.7. The topological polar surface area (TPSA) is 130 Å². The molecule has 0 aliphatic rings. The van der Waals surface area contributed by atoms with Crippen molar-refractivity contribution in [2.24, 2.45) is 0 Å². The van der Waals surface area contributed by atoms with Crippen LogP contribution in [0, 0.1) is 13.8 Å². The molecule has 0 saturated heterocycles. The lowest BCUT2D eigenvalue weighted by molar-refractivity contribution is -0.127. The molecule has 3 N–H and O–H groups in total. The molecule has 10 heteroatoms. The van der Waals surface area contributed by atoms with Crippen LogP contribution in [0.2, 0.25) is 0 Å². The van der Waals surface area contributed by atoms with Crippen LogP contribution in [0.1, 0.15) is 34.9 Å². The highest BCUT2D eigenvalue weighted by Gasteiger charge is 2.25. The first-order chi connectivity index (χ1) is 11.7. The number of hydrogen-bond acceptors (Lipinski definition) is 7. The highest BCUT2D eigenvalue weighted by atomic mass is 32.1. The number of carbonyl (C=O) groups excluding carboxylic acids is 3. The predicted octanol–water partition coefficient (Wildman–Crippen LogP) is 0.992. The van der Waals surface area contributed by atoms with Crippen molar-refractivity contribution < 1.29 is 19.1 Å². The number of hydrogen-bond donors (Lipinski definition) is 3. The fourth-order valence-corrected chi connectivity index (χ4v) is 3.24. The number of nitrogens with zero attached hydrogens (tertiary/aromatic N) is 1. The number of ether oxygens (including phenoxy) is 1. The average Bonchev–Trinajstić information content (AvgIpc) is 2.84. The number of carbonyl (C=O) groups is 3. The standard InChI is InChI=1S/C15H18N4O5S/c1-5-16-15(23)19-11(20)7(3)24-14(22)10-6(2)9-12(21)17-8(4)18-13(9)25-10/h7H,5H2,1-4H3,(H,17,18,21)(H2,16,19,20,23)/t7-/m0/s1. The predicted molar refractivity (Wildman–Crippen MR) is 91.8 cm³/mol. The Morgan fingerprint density at radius 3 is 2.64 bits per heavy atom. The maximum absolute atomic E-state index is 12.3. The number of aryl methyl sites for hydroxylation is 2. The van der Waals surface area contributed by atoms with E-state index in [1.54, 1.807) is 20.8 Å². The Hall–Kier alpha value is -2.75. The first-order valence-electron chi connectivity index (χ1n) is 7.54. The molecule has 1 atom stereocenters. The summed E-state index contributed by atoms with van der Waals surface area (Å²) in [6.07, 6.45) is -1.17. The SMILES string of the molecule is CCNC(=O)NC(=O)[C@H](C)OC(=O)c1sc2nc(C)[nH]c(=O)c2c1C. The van der Waals surface area contributed by atoms with Crippen LogP contribution in [0.4, 0.5) is 4.79 Å². The Balaban J connectivity index is 2.18. The summed E-state index contributed by atoms with van der Waals surface area (Å²) < 4.78 is 5.10. The van der Waals surface area contributed by atoms with E-state index >= 15 is 0 Å². The van der Waals surface area contributed by atoms with Crippen LogP contribution < -0.4 is 16.2 Å². The number of amides is 3. The molecule has 0 aliphatic carbocycles. The maximum atomic E-state index is 12.3. The van der Waals surface area contributed by atoms with Crippen molar-refractivity contribution in [1.29, 1.82) is 0 Å². The summed E-state index contributed by atoms with van der Waals surface area (Å²) in [5, 5.41) is 4.79. The Labute approximate surface area is 146 Å². The molecule has 0 saturated carbocycles. The zero-order valence-corrected chi connectivity index (χ0v) is 15.0. The monoisotopic (exact) mass is 366 g/mol. The lowest BCUT2D eigenvalue weighted by atomic mass is 10.2. The quantitative estimate of drug-likeness (QED) is 0.692. The lowest BCUT2D eigenvalue weighted by Crippen LogP contribution is -2.44. The van der Waals surface area contributed by atoms with Crippen molar-refractivity contribution >= 4 is 39.5 Å². The second-order valence-electron chi connectivity index (χ2n) is 5.28. The van der Waals surface area contributed by atoms with Gasteiger partial charge in [-0.25, -0.2) is 14.6 Å². The van der Waals surface area contributed by atoms with Crippen LogP contribution in [0.25, 0.3) is 10.2 Å². The molecule has 0 radical (unpaired) electrons. The third-order valence-corrected chi connectivity index (χ3v) is 4.50. The van der Waals surface area contributed by atoms with Crippen LogP contribution in [-0.2, 0) is 9.53 Å². The van der Waals surface area contributed by atoms with E-state index in [0.29, 0.717) is 28.1 Å². The van der Waals surface area contributed by atoms with Gasteiger partial charge in [0.1, 0.15) is 15.5 Å². The minimum atomic E-state index is -1.17. The summed E-state index contributed by atoms with van der Waals surface area (Å²) in [5.41, 5.74) is 0.104. The number of thiophene rings is 1. The van der Waals surface area contributed by atoms with Gasteiger partial charge in [-0.1, -0.05) is 0 Å².